The van der Waals surface area contributed by atoms with Crippen molar-refractivity contribution in [3.05, 3.63) is 76.3 Å². The molecule has 2 aromatic carbocycles. The normalized spacial score (nSPS) is 15.0. The highest BCUT2D eigenvalue weighted by molar-refractivity contribution is 5.92. The van der Waals surface area contributed by atoms with Crippen molar-refractivity contribution in [2.75, 3.05) is 20.2 Å². The number of piperidine rings is 1. The van der Waals surface area contributed by atoms with Gasteiger partial charge in [-0.05, 0) is 36.6 Å². The number of aromatic nitrogens is 3. The van der Waals surface area contributed by atoms with Gasteiger partial charge in [0.25, 0.3) is 5.56 Å². The van der Waals surface area contributed by atoms with Crippen molar-refractivity contribution < 1.29 is 9.53 Å². The zero-order valence-corrected chi connectivity index (χ0v) is 20.2. The lowest BCUT2D eigenvalue weighted by molar-refractivity contribution is -0.123. The molecule has 0 radical (unpaired) electrons. The number of ether oxygens (including phenoxy) is 1. The molecule has 2 aromatic heterocycles. The molecule has 1 saturated heterocycles. The number of carbonyl (C=O) groups is 1. The molecule has 0 unspecified atom stereocenters. The Balaban J connectivity index is 1.29. The standard InChI is InChI=1S/C27H31N5O3/c1-3-25-29-31(27(34)23-16-21-22(32(23)25)10-7-11-24(21)35-2)18-26(33)28-20-12-14-30(15-13-20)17-19-8-5-4-6-9-19/h4-11,16,20H,3,12-15,17-18H2,1-2H3,(H,28,33). The quantitative estimate of drug-likeness (QED) is 0.446. The summed E-state index contributed by atoms with van der Waals surface area (Å²) in [6.07, 6.45) is 2.41. The summed E-state index contributed by atoms with van der Waals surface area (Å²) in [5.74, 6) is 1.25. The van der Waals surface area contributed by atoms with E-state index >= 15 is 0 Å². The summed E-state index contributed by atoms with van der Waals surface area (Å²) in [7, 11) is 1.62. The fourth-order valence-electron chi connectivity index (χ4n) is 5.00. The van der Waals surface area contributed by atoms with E-state index in [0.717, 1.165) is 49.2 Å². The summed E-state index contributed by atoms with van der Waals surface area (Å²) < 4.78 is 8.64. The predicted octanol–water partition coefficient (Wildman–Crippen LogP) is 3.00. The molecule has 1 aliphatic rings. The highest BCUT2D eigenvalue weighted by atomic mass is 16.5. The molecule has 0 atom stereocenters. The van der Waals surface area contributed by atoms with Crippen molar-refractivity contribution in [2.45, 2.75) is 45.3 Å². The predicted molar refractivity (Wildman–Crippen MR) is 136 cm³/mol. The van der Waals surface area contributed by atoms with E-state index in [0.29, 0.717) is 17.7 Å². The monoisotopic (exact) mass is 473 g/mol. The van der Waals surface area contributed by atoms with Gasteiger partial charge in [-0.1, -0.05) is 43.3 Å². The van der Waals surface area contributed by atoms with Gasteiger partial charge in [-0.3, -0.25) is 18.9 Å². The topological polar surface area (TPSA) is 80.9 Å². The Morgan fingerprint density at radius 3 is 2.57 bits per heavy atom. The van der Waals surface area contributed by atoms with Gasteiger partial charge in [-0.25, -0.2) is 4.68 Å². The molecule has 0 aliphatic carbocycles. The number of hydrogen-bond donors (Lipinski definition) is 1. The lowest BCUT2D eigenvalue weighted by atomic mass is 10.0. The van der Waals surface area contributed by atoms with Crippen molar-refractivity contribution in [1.82, 2.24) is 24.4 Å². The van der Waals surface area contributed by atoms with Gasteiger partial charge in [0.05, 0.1) is 12.6 Å². The van der Waals surface area contributed by atoms with E-state index in [2.05, 4.69) is 39.6 Å². The van der Waals surface area contributed by atoms with Crippen LogP contribution in [0.5, 0.6) is 5.75 Å². The second-order valence-electron chi connectivity index (χ2n) is 9.09. The van der Waals surface area contributed by atoms with Gasteiger partial charge in [-0.15, -0.1) is 0 Å². The number of likely N-dealkylation sites (tertiary alicyclic amines) is 1. The third-order valence-corrected chi connectivity index (χ3v) is 6.78. The first-order chi connectivity index (χ1) is 17.1. The number of methoxy groups -OCH3 is 1. The van der Waals surface area contributed by atoms with E-state index in [-0.39, 0.29) is 24.1 Å². The third kappa shape index (κ3) is 4.66. The molecule has 1 aliphatic heterocycles. The van der Waals surface area contributed by atoms with Crippen molar-refractivity contribution in [3.63, 3.8) is 0 Å². The Labute approximate surface area is 204 Å². The number of nitrogens with zero attached hydrogens (tertiary/aromatic N) is 4. The number of benzene rings is 2. The number of aryl methyl sites for hydroxylation is 1. The summed E-state index contributed by atoms with van der Waals surface area (Å²) in [6, 6.07) is 18.1. The van der Waals surface area contributed by atoms with Crippen LogP contribution in [0.2, 0.25) is 0 Å². The second-order valence-corrected chi connectivity index (χ2v) is 9.09. The van der Waals surface area contributed by atoms with E-state index in [1.165, 1.54) is 10.2 Å². The molecule has 8 nitrogen and oxygen atoms in total. The van der Waals surface area contributed by atoms with Crippen LogP contribution in [-0.2, 0) is 24.3 Å². The first kappa shape index (κ1) is 23.1. The maximum atomic E-state index is 13.3. The Hall–Kier alpha value is -3.65. The summed E-state index contributed by atoms with van der Waals surface area (Å²) >= 11 is 0. The number of hydrogen-bond acceptors (Lipinski definition) is 5. The average Bonchev–Trinajstić information content (AvgIpc) is 3.28. The largest absolute Gasteiger partial charge is 0.496 e. The van der Waals surface area contributed by atoms with Crippen molar-refractivity contribution in [2.24, 2.45) is 0 Å². The molecule has 35 heavy (non-hydrogen) atoms. The molecule has 5 rings (SSSR count). The van der Waals surface area contributed by atoms with Crippen LogP contribution in [0.25, 0.3) is 16.4 Å². The first-order valence-corrected chi connectivity index (χ1v) is 12.2. The molecule has 0 saturated carbocycles. The number of amides is 1. The Morgan fingerprint density at radius 1 is 1.09 bits per heavy atom. The number of rotatable bonds is 7. The van der Waals surface area contributed by atoms with Crippen molar-refractivity contribution in [1.29, 1.82) is 0 Å². The smallest absolute Gasteiger partial charge is 0.291 e. The van der Waals surface area contributed by atoms with E-state index in [1.807, 2.05) is 41.7 Å². The molecular weight excluding hydrogens is 442 g/mol. The minimum absolute atomic E-state index is 0.0920. The van der Waals surface area contributed by atoms with Gasteiger partial charge < -0.3 is 10.1 Å². The molecule has 8 heteroatoms. The lowest BCUT2D eigenvalue weighted by Crippen LogP contribution is -2.46. The molecule has 3 heterocycles. The zero-order valence-electron chi connectivity index (χ0n) is 20.2. The van der Waals surface area contributed by atoms with E-state index in [1.54, 1.807) is 7.11 Å². The molecule has 0 bridgehead atoms. The minimum atomic E-state index is -0.284. The van der Waals surface area contributed by atoms with Gasteiger partial charge in [0.1, 0.15) is 23.6 Å². The fraction of sp³-hybridized carbons (Fsp3) is 0.370. The maximum absolute atomic E-state index is 13.3. The van der Waals surface area contributed by atoms with Gasteiger partial charge >= 0.3 is 0 Å². The van der Waals surface area contributed by atoms with Gasteiger partial charge in [0.2, 0.25) is 5.91 Å². The molecule has 4 aromatic rings. The first-order valence-electron chi connectivity index (χ1n) is 12.2. The zero-order chi connectivity index (χ0) is 24.4. The third-order valence-electron chi connectivity index (χ3n) is 6.78. The fourth-order valence-corrected chi connectivity index (χ4v) is 5.00. The van der Waals surface area contributed by atoms with E-state index < -0.39 is 0 Å². The van der Waals surface area contributed by atoms with Gasteiger partial charge in [0, 0.05) is 37.5 Å². The van der Waals surface area contributed by atoms with Gasteiger partial charge in [-0.2, -0.15) is 5.10 Å². The second kappa shape index (κ2) is 9.92. The summed E-state index contributed by atoms with van der Waals surface area (Å²) in [6.45, 7) is 4.69. The van der Waals surface area contributed by atoms with Crippen LogP contribution in [0.15, 0.2) is 59.4 Å². The van der Waals surface area contributed by atoms with E-state index in [4.69, 9.17) is 4.74 Å². The highest BCUT2D eigenvalue weighted by Gasteiger charge is 2.22. The summed E-state index contributed by atoms with van der Waals surface area (Å²) in [4.78, 5) is 28.5. The Bertz CT molecular complexity index is 1400. The summed E-state index contributed by atoms with van der Waals surface area (Å²) in [5, 5.41) is 8.52. The Morgan fingerprint density at radius 2 is 1.86 bits per heavy atom. The minimum Gasteiger partial charge on any atom is -0.496 e. The van der Waals surface area contributed by atoms with Crippen molar-refractivity contribution in [3.8, 4) is 5.75 Å². The van der Waals surface area contributed by atoms with Crippen molar-refractivity contribution >= 4 is 22.3 Å². The number of nitrogens with one attached hydrogen (secondary N) is 1. The maximum Gasteiger partial charge on any atom is 0.291 e. The molecule has 1 fully saturated rings. The van der Waals surface area contributed by atoms with Crippen LogP contribution in [0.4, 0.5) is 0 Å². The van der Waals surface area contributed by atoms with Crippen LogP contribution < -0.4 is 15.6 Å². The lowest BCUT2D eigenvalue weighted by Gasteiger charge is -2.32. The summed E-state index contributed by atoms with van der Waals surface area (Å²) in [5.41, 5.74) is 2.39. The molecule has 0 spiro atoms. The number of carbonyl (C=O) groups excluding carboxylic acids is 1. The van der Waals surface area contributed by atoms with Gasteiger partial charge in [0.15, 0.2) is 0 Å². The van der Waals surface area contributed by atoms with Crippen LogP contribution >= 0.6 is 0 Å². The van der Waals surface area contributed by atoms with E-state index in [9.17, 15) is 9.59 Å². The Kier molecular flexibility index (Phi) is 6.55. The SMILES string of the molecule is CCc1nn(CC(=O)NC2CCN(Cc3ccccc3)CC2)c(=O)c2cc3c(OC)cccc3n12. The van der Waals surface area contributed by atoms with Crippen LogP contribution in [0.1, 0.15) is 31.2 Å². The number of fused-ring (bicyclic) bond motifs is 3. The molecule has 1 N–H and O–H groups in total. The van der Waals surface area contributed by atoms with Crippen LogP contribution in [-0.4, -0.2) is 51.2 Å². The molecule has 182 valence electrons. The average molecular weight is 474 g/mol. The van der Waals surface area contributed by atoms with Crippen LogP contribution in [0, 0.1) is 0 Å². The highest BCUT2D eigenvalue weighted by Crippen LogP contribution is 2.28. The van der Waals surface area contributed by atoms with Crippen LogP contribution in [0.3, 0.4) is 0 Å². The molecular formula is C27H31N5O3. The molecule has 1 amide bonds.